The van der Waals surface area contributed by atoms with Crippen LogP contribution in [-0.2, 0) is 18.0 Å². The minimum Gasteiger partial charge on any atom is -0.450 e. The third-order valence-electron chi connectivity index (χ3n) is 2.79. The summed E-state index contributed by atoms with van der Waals surface area (Å²) in [5.41, 5.74) is 13.9. The van der Waals surface area contributed by atoms with E-state index >= 15 is 0 Å². The molecule has 0 amide bonds. The number of hydrogen-bond acceptors (Lipinski definition) is 5. The van der Waals surface area contributed by atoms with E-state index in [0.29, 0.717) is 6.54 Å². The van der Waals surface area contributed by atoms with E-state index in [4.69, 9.17) is 46.3 Å². The van der Waals surface area contributed by atoms with Crippen LogP contribution < -0.4 is 11.5 Å². The van der Waals surface area contributed by atoms with Gasteiger partial charge < -0.3 is 36.7 Å². The number of rotatable bonds is 5. The topological polar surface area (TPSA) is 189 Å². The van der Waals surface area contributed by atoms with Gasteiger partial charge in [-0.05, 0) is 35.1 Å². The van der Waals surface area contributed by atoms with Gasteiger partial charge in [0, 0.05) is 12.1 Å². The van der Waals surface area contributed by atoms with Crippen molar-refractivity contribution in [2.24, 2.45) is 28.5 Å². The SMILES string of the molecule is CC(C)C.CC(C)C.NCc1ccc(C(N)=NOCc2ccc(F)cc2)cc1.O=C(O)O.O=C(O)O. The molecule has 36 heavy (non-hydrogen) atoms. The van der Waals surface area contributed by atoms with Gasteiger partial charge in [0.1, 0.15) is 12.4 Å². The van der Waals surface area contributed by atoms with Crippen LogP contribution in [0.5, 0.6) is 0 Å². The van der Waals surface area contributed by atoms with Crippen molar-refractivity contribution in [1.29, 1.82) is 0 Å². The zero-order chi connectivity index (χ0) is 28.7. The number of hydrogen-bond donors (Lipinski definition) is 6. The highest BCUT2D eigenvalue weighted by Gasteiger charge is 2.00. The number of halogens is 1. The largest absolute Gasteiger partial charge is 0.503 e. The molecule has 0 aliphatic heterocycles. The monoisotopic (exact) mass is 513 g/mol. The third kappa shape index (κ3) is 32.3. The fourth-order valence-electron chi connectivity index (χ4n) is 1.62. The molecule has 0 heterocycles. The first kappa shape index (κ1) is 36.7. The van der Waals surface area contributed by atoms with E-state index in [-0.39, 0.29) is 18.3 Å². The number of oxime groups is 1. The van der Waals surface area contributed by atoms with Crippen LogP contribution in [0.4, 0.5) is 14.0 Å². The van der Waals surface area contributed by atoms with Crippen LogP contribution in [0.3, 0.4) is 0 Å². The molecule has 10 nitrogen and oxygen atoms in total. The second-order valence-corrected chi connectivity index (χ2v) is 8.31. The molecule has 0 unspecified atom stereocenters. The summed E-state index contributed by atoms with van der Waals surface area (Å²) >= 11 is 0. The van der Waals surface area contributed by atoms with E-state index in [2.05, 4.69) is 46.7 Å². The average molecular weight is 514 g/mol. The Morgan fingerprint density at radius 2 is 1.14 bits per heavy atom. The lowest BCUT2D eigenvalue weighted by molar-refractivity contribution is 0.130. The van der Waals surface area contributed by atoms with Crippen molar-refractivity contribution >= 4 is 18.1 Å². The Morgan fingerprint density at radius 3 is 1.47 bits per heavy atom. The maximum atomic E-state index is 12.7. The van der Waals surface area contributed by atoms with Crippen molar-refractivity contribution in [2.75, 3.05) is 0 Å². The summed E-state index contributed by atoms with van der Waals surface area (Å²) < 4.78 is 12.7. The van der Waals surface area contributed by atoms with Gasteiger partial charge in [-0.25, -0.2) is 14.0 Å². The molecular weight excluding hydrogens is 473 g/mol. The quantitative estimate of drug-likeness (QED) is 0.161. The van der Waals surface area contributed by atoms with Gasteiger partial charge in [-0.1, -0.05) is 83.1 Å². The number of amidine groups is 1. The zero-order valence-corrected chi connectivity index (χ0v) is 21.7. The summed E-state index contributed by atoms with van der Waals surface area (Å²) in [4.78, 5) is 22.3. The number of benzene rings is 2. The molecule has 2 rings (SSSR count). The van der Waals surface area contributed by atoms with Crippen LogP contribution >= 0.6 is 0 Å². The number of carbonyl (C=O) groups is 2. The number of nitrogens with two attached hydrogens (primary N) is 2. The molecule has 0 saturated heterocycles. The average Bonchev–Trinajstić information content (AvgIpc) is 2.73. The molecule has 0 bridgehead atoms. The Kier molecular flexibility index (Phi) is 23.4. The highest BCUT2D eigenvalue weighted by molar-refractivity contribution is 5.97. The molecule has 8 N–H and O–H groups in total. The zero-order valence-electron chi connectivity index (χ0n) is 21.7. The summed E-state index contributed by atoms with van der Waals surface area (Å²) in [5.74, 6) is 1.67. The molecule has 0 fully saturated rings. The Balaban J connectivity index is -0.000000557. The van der Waals surface area contributed by atoms with Crippen LogP contribution in [0.2, 0.25) is 0 Å². The Labute approximate surface area is 212 Å². The lowest BCUT2D eigenvalue weighted by Crippen LogP contribution is -2.14. The summed E-state index contributed by atoms with van der Waals surface area (Å²) in [6, 6.07) is 13.5. The van der Waals surface area contributed by atoms with Gasteiger partial charge in [-0.15, -0.1) is 0 Å². The van der Waals surface area contributed by atoms with Crippen LogP contribution in [0.1, 0.15) is 58.2 Å². The first-order chi connectivity index (χ1) is 16.6. The molecule has 11 heteroatoms. The second-order valence-electron chi connectivity index (χ2n) is 8.31. The van der Waals surface area contributed by atoms with Crippen molar-refractivity contribution in [3.05, 3.63) is 71.0 Å². The summed E-state index contributed by atoms with van der Waals surface area (Å²) in [6.45, 7) is 13.7. The van der Waals surface area contributed by atoms with E-state index in [1.807, 2.05) is 24.3 Å². The van der Waals surface area contributed by atoms with E-state index in [1.54, 1.807) is 12.1 Å². The summed E-state index contributed by atoms with van der Waals surface area (Å²) in [7, 11) is 0. The van der Waals surface area contributed by atoms with Gasteiger partial charge in [0.15, 0.2) is 5.84 Å². The van der Waals surface area contributed by atoms with Crippen LogP contribution in [0, 0.1) is 17.7 Å². The van der Waals surface area contributed by atoms with Crippen molar-refractivity contribution in [1.82, 2.24) is 0 Å². The van der Waals surface area contributed by atoms with Gasteiger partial charge >= 0.3 is 12.3 Å². The third-order valence-corrected chi connectivity index (χ3v) is 2.79. The van der Waals surface area contributed by atoms with Gasteiger partial charge in [0.05, 0.1) is 0 Å². The first-order valence-electron chi connectivity index (χ1n) is 10.9. The minimum atomic E-state index is -1.83. The maximum Gasteiger partial charge on any atom is 0.503 e. The highest BCUT2D eigenvalue weighted by Crippen LogP contribution is 2.06. The number of nitrogens with zero attached hydrogens (tertiary/aromatic N) is 1. The Hall–Kier alpha value is -3.86. The minimum absolute atomic E-state index is 0.238. The first-order valence-corrected chi connectivity index (χ1v) is 10.9. The molecule has 2 aromatic carbocycles. The highest BCUT2D eigenvalue weighted by atomic mass is 19.1. The smallest absolute Gasteiger partial charge is 0.450 e. The van der Waals surface area contributed by atoms with Gasteiger partial charge in [-0.2, -0.15) is 0 Å². The fraction of sp³-hybridized carbons (Fsp3) is 0.400. The van der Waals surface area contributed by atoms with Crippen molar-refractivity contribution in [2.45, 2.75) is 54.7 Å². The molecule has 0 saturated carbocycles. The molecule has 0 aromatic heterocycles. The second kappa shape index (κ2) is 22.9. The lowest BCUT2D eigenvalue weighted by Gasteiger charge is -2.03. The molecule has 0 aliphatic carbocycles. The van der Waals surface area contributed by atoms with Crippen LogP contribution in [0.15, 0.2) is 53.7 Å². The lowest BCUT2D eigenvalue weighted by atomic mass is 10.1. The molecule has 0 radical (unpaired) electrons. The number of carboxylic acid groups (broad SMARTS) is 4. The molecular formula is C25H40FN3O7. The van der Waals surface area contributed by atoms with Gasteiger partial charge in [-0.3, -0.25) is 0 Å². The van der Waals surface area contributed by atoms with E-state index in [0.717, 1.165) is 28.5 Å². The predicted octanol–water partition coefficient (Wildman–Crippen LogP) is 5.89. The maximum absolute atomic E-state index is 12.7. The fourth-order valence-corrected chi connectivity index (χ4v) is 1.62. The molecule has 0 spiro atoms. The molecule has 0 aliphatic rings. The molecule has 2 aromatic rings. The van der Waals surface area contributed by atoms with Crippen LogP contribution in [-0.4, -0.2) is 38.6 Å². The Morgan fingerprint density at radius 1 is 0.806 bits per heavy atom. The summed E-state index contributed by atoms with van der Waals surface area (Å²) in [6.07, 6.45) is -3.67. The summed E-state index contributed by atoms with van der Waals surface area (Å²) in [5, 5.41) is 31.7. The normalized spacial score (nSPS) is 9.67. The van der Waals surface area contributed by atoms with E-state index in [1.165, 1.54) is 12.1 Å². The predicted molar refractivity (Wildman–Crippen MR) is 139 cm³/mol. The van der Waals surface area contributed by atoms with Crippen molar-refractivity contribution in [3.63, 3.8) is 0 Å². The molecule has 204 valence electrons. The van der Waals surface area contributed by atoms with Crippen LogP contribution in [0.25, 0.3) is 0 Å². The molecule has 0 atom stereocenters. The van der Waals surface area contributed by atoms with E-state index < -0.39 is 12.3 Å². The van der Waals surface area contributed by atoms with E-state index in [9.17, 15) is 4.39 Å². The van der Waals surface area contributed by atoms with Crippen molar-refractivity contribution in [3.8, 4) is 0 Å². The van der Waals surface area contributed by atoms with Crippen molar-refractivity contribution < 1.29 is 39.2 Å². The standard InChI is InChI=1S/C15H16FN3O.2C4H10.2CH2O3/c16-14-7-3-12(4-8-14)10-20-19-15(18)13-5-1-11(9-17)2-6-13;2*1-4(2)3;2*2-1(3)4/h1-8H,9-10,17H2,(H2,18,19);2*4H,1-3H3;2*(H2,2,3,4). The Bertz CT molecular complexity index is 825. The van der Waals surface area contributed by atoms with Gasteiger partial charge in [0.25, 0.3) is 0 Å². The van der Waals surface area contributed by atoms with Gasteiger partial charge in [0.2, 0.25) is 0 Å².